The molecule has 0 spiro atoms. The molecule has 2 N–H and O–H groups in total. The number of nitrogens with two attached hydrogens (primary N) is 1. The number of amides is 2. The van der Waals surface area contributed by atoms with Gasteiger partial charge in [-0.1, -0.05) is 30.3 Å². The summed E-state index contributed by atoms with van der Waals surface area (Å²) in [5.74, 6) is -0.309. The zero-order valence-electron chi connectivity index (χ0n) is 12.7. The zero-order chi connectivity index (χ0) is 15.4. The Morgan fingerprint density at radius 2 is 1.90 bits per heavy atom. The fraction of sp³-hybridized carbons (Fsp3) is 0.500. The Morgan fingerprint density at radius 1 is 1.24 bits per heavy atom. The number of carbonyl (C=O) groups excluding carboxylic acids is 2. The minimum absolute atomic E-state index is 0.0517. The first-order valence-electron chi connectivity index (χ1n) is 7.36. The third-order valence-corrected chi connectivity index (χ3v) is 3.96. The Balaban J connectivity index is 2.02. The van der Waals surface area contributed by atoms with E-state index in [1.165, 1.54) is 0 Å². The van der Waals surface area contributed by atoms with Crippen molar-refractivity contribution in [1.82, 2.24) is 9.80 Å². The summed E-state index contributed by atoms with van der Waals surface area (Å²) < 4.78 is 0. The fourth-order valence-electron chi connectivity index (χ4n) is 2.78. The summed E-state index contributed by atoms with van der Waals surface area (Å²) >= 11 is 0. The minimum Gasteiger partial charge on any atom is -0.368 e. The first-order chi connectivity index (χ1) is 9.99. The normalized spacial score (nSPS) is 19.8. The topological polar surface area (TPSA) is 66.6 Å². The van der Waals surface area contributed by atoms with Gasteiger partial charge in [-0.2, -0.15) is 0 Å². The van der Waals surface area contributed by atoms with E-state index in [-0.39, 0.29) is 17.9 Å². The number of rotatable bonds is 4. The average Bonchev–Trinajstić information content (AvgIpc) is 2.47. The number of benzene rings is 1. The van der Waals surface area contributed by atoms with Crippen molar-refractivity contribution in [2.75, 3.05) is 19.6 Å². The second kappa shape index (κ2) is 6.72. The number of nitrogens with zero attached hydrogens (tertiary/aromatic N) is 2. The lowest BCUT2D eigenvalue weighted by molar-refractivity contribution is -0.137. The zero-order valence-corrected chi connectivity index (χ0v) is 12.7. The lowest BCUT2D eigenvalue weighted by atomic mass is 10.1. The largest absolute Gasteiger partial charge is 0.368 e. The summed E-state index contributed by atoms with van der Waals surface area (Å²) in [5.41, 5.74) is 6.48. The van der Waals surface area contributed by atoms with Gasteiger partial charge in [0.05, 0.1) is 6.42 Å². The van der Waals surface area contributed by atoms with Crippen molar-refractivity contribution in [1.29, 1.82) is 0 Å². The molecule has 0 saturated carbocycles. The molecular formula is C16H23N3O2. The molecule has 0 aliphatic carbocycles. The van der Waals surface area contributed by atoms with E-state index in [0.717, 1.165) is 5.56 Å². The molecule has 1 saturated heterocycles. The number of hydrogen-bond donors (Lipinski definition) is 1. The first kappa shape index (κ1) is 15.5. The van der Waals surface area contributed by atoms with E-state index in [1.807, 2.05) is 44.2 Å². The molecule has 1 aromatic rings. The number of piperazine rings is 1. The summed E-state index contributed by atoms with van der Waals surface area (Å²) in [6.45, 7) is 5.80. The number of primary amides is 1. The van der Waals surface area contributed by atoms with Crippen molar-refractivity contribution < 1.29 is 9.59 Å². The molecule has 0 radical (unpaired) electrons. The van der Waals surface area contributed by atoms with Crippen LogP contribution in [0.15, 0.2) is 30.3 Å². The van der Waals surface area contributed by atoms with Gasteiger partial charge in [0.15, 0.2) is 0 Å². The van der Waals surface area contributed by atoms with Crippen molar-refractivity contribution in [2.24, 2.45) is 5.73 Å². The van der Waals surface area contributed by atoms with Crippen LogP contribution in [-0.4, -0.2) is 53.3 Å². The maximum Gasteiger partial charge on any atom is 0.236 e. The quantitative estimate of drug-likeness (QED) is 0.884. The average molecular weight is 289 g/mol. The molecule has 114 valence electrons. The van der Waals surface area contributed by atoms with Crippen LogP contribution in [0.25, 0.3) is 0 Å². The highest BCUT2D eigenvalue weighted by molar-refractivity contribution is 5.83. The van der Waals surface area contributed by atoms with Crippen molar-refractivity contribution in [3.05, 3.63) is 35.9 Å². The highest BCUT2D eigenvalue weighted by atomic mass is 16.2. The molecule has 0 bridgehead atoms. The van der Waals surface area contributed by atoms with Gasteiger partial charge in [0.25, 0.3) is 0 Å². The Kier molecular flexibility index (Phi) is 4.96. The summed E-state index contributed by atoms with van der Waals surface area (Å²) in [4.78, 5) is 27.8. The smallest absolute Gasteiger partial charge is 0.236 e. The van der Waals surface area contributed by atoms with E-state index >= 15 is 0 Å². The third kappa shape index (κ3) is 3.82. The van der Waals surface area contributed by atoms with Gasteiger partial charge in [0.2, 0.25) is 11.8 Å². The number of carbonyl (C=O) groups is 2. The first-order valence-corrected chi connectivity index (χ1v) is 7.36. The van der Waals surface area contributed by atoms with Gasteiger partial charge in [-0.05, 0) is 19.4 Å². The molecule has 2 amide bonds. The minimum atomic E-state index is -0.390. The summed E-state index contributed by atoms with van der Waals surface area (Å²) in [6, 6.07) is 9.50. The highest BCUT2D eigenvalue weighted by Crippen LogP contribution is 2.14. The molecule has 5 heteroatoms. The van der Waals surface area contributed by atoms with Gasteiger partial charge in [-0.25, -0.2) is 0 Å². The van der Waals surface area contributed by atoms with E-state index in [4.69, 9.17) is 5.73 Å². The molecule has 1 atom stereocenters. The second-order valence-electron chi connectivity index (χ2n) is 5.75. The van der Waals surface area contributed by atoms with Crippen LogP contribution in [0.4, 0.5) is 0 Å². The number of hydrogen-bond acceptors (Lipinski definition) is 3. The van der Waals surface area contributed by atoms with Crippen LogP contribution in [-0.2, 0) is 16.0 Å². The van der Waals surface area contributed by atoms with Crippen LogP contribution >= 0.6 is 0 Å². The van der Waals surface area contributed by atoms with Gasteiger partial charge in [-0.15, -0.1) is 0 Å². The Morgan fingerprint density at radius 3 is 2.48 bits per heavy atom. The van der Waals surface area contributed by atoms with E-state index < -0.39 is 6.04 Å². The molecule has 1 unspecified atom stereocenters. The maximum absolute atomic E-state index is 12.4. The van der Waals surface area contributed by atoms with Crippen LogP contribution in [0.2, 0.25) is 0 Å². The predicted molar refractivity (Wildman–Crippen MR) is 81.6 cm³/mol. The standard InChI is InChI=1S/C16H23N3O2/c1-12(2)19-9-8-18(11-14(19)16(17)21)15(20)10-13-6-4-3-5-7-13/h3-7,12,14H,8-11H2,1-2H3,(H2,17,21). The fourth-order valence-corrected chi connectivity index (χ4v) is 2.78. The third-order valence-electron chi connectivity index (χ3n) is 3.96. The highest BCUT2D eigenvalue weighted by Gasteiger charge is 2.34. The van der Waals surface area contributed by atoms with Gasteiger partial charge < -0.3 is 10.6 Å². The van der Waals surface area contributed by atoms with E-state index in [0.29, 0.717) is 26.1 Å². The molecule has 5 nitrogen and oxygen atoms in total. The van der Waals surface area contributed by atoms with Gasteiger partial charge in [-0.3, -0.25) is 14.5 Å². The predicted octanol–water partition coefficient (Wildman–Crippen LogP) is 0.636. The van der Waals surface area contributed by atoms with E-state index in [9.17, 15) is 9.59 Å². The molecule has 1 heterocycles. The lowest BCUT2D eigenvalue weighted by Gasteiger charge is -2.42. The Bertz CT molecular complexity index is 502. The van der Waals surface area contributed by atoms with Crippen molar-refractivity contribution in [2.45, 2.75) is 32.4 Å². The van der Waals surface area contributed by atoms with Crippen LogP contribution in [0.5, 0.6) is 0 Å². The molecule has 1 aliphatic rings. The molecule has 1 aromatic carbocycles. The van der Waals surface area contributed by atoms with Crippen LogP contribution in [0, 0.1) is 0 Å². The van der Waals surface area contributed by atoms with Crippen LogP contribution in [0.3, 0.4) is 0 Å². The maximum atomic E-state index is 12.4. The SMILES string of the molecule is CC(C)N1CCN(C(=O)Cc2ccccc2)CC1C(N)=O. The molecular weight excluding hydrogens is 266 g/mol. The van der Waals surface area contributed by atoms with Crippen molar-refractivity contribution >= 4 is 11.8 Å². The summed E-state index contributed by atoms with van der Waals surface area (Å²) in [5, 5.41) is 0. The van der Waals surface area contributed by atoms with Gasteiger partial charge in [0.1, 0.15) is 6.04 Å². The molecule has 21 heavy (non-hydrogen) atoms. The van der Waals surface area contributed by atoms with Crippen molar-refractivity contribution in [3.8, 4) is 0 Å². The monoisotopic (exact) mass is 289 g/mol. The molecule has 1 aliphatic heterocycles. The molecule has 0 aromatic heterocycles. The Labute approximate surface area is 125 Å². The van der Waals surface area contributed by atoms with E-state index in [1.54, 1.807) is 4.90 Å². The van der Waals surface area contributed by atoms with Crippen molar-refractivity contribution in [3.63, 3.8) is 0 Å². The van der Waals surface area contributed by atoms with Gasteiger partial charge in [0, 0.05) is 25.7 Å². The lowest BCUT2D eigenvalue weighted by Crippen LogP contribution is -2.61. The van der Waals surface area contributed by atoms with Gasteiger partial charge >= 0.3 is 0 Å². The van der Waals surface area contributed by atoms with Crippen LogP contribution in [0.1, 0.15) is 19.4 Å². The Hall–Kier alpha value is -1.88. The van der Waals surface area contributed by atoms with E-state index in [2.05, 4.69) is 4.90 Å². The summed E-state index contributed by atoms with van der Waals surface area (Å²) in [7, 11) is 0. The molecule has 1 fully saturated rings. The second-order valence-corrected chi connectivity index (χ2v) is 5.75. The summed E-state index contributed by atoms with van der Waals surface area (Å²) in [6.07, 6.45) is 0.369. The van der Waals surface area contributed by atoms with Crippen LogP contribution < -0.4 is 5.73 Å². The molecule has 2 rings (SSSR count).